The number of carbonyl (C=O) groups excluding carboxylic acids is 2. The molecule has 0 radical (unpaired) electrons. The first kappa shape index (κ1) is 17.2. The summed E-state index contributed by atoms with van der Waals surface area (Å²) in [6, 6.07) is 29.0. The second kappa shape index (κ2) is 7.55. The molecule has 1 aliphatic rings. The lowest BCUT2D eigenvalue weighted by atomic mass is 9.71. The lowest BCUT2D eigenvalue weighted by Crippen LogP contribution is -2.32. The second-order valence-electron chi connectivity index (χ2n) is 6.87. The number of hydrogen-bond donors (Lipinski definition) is 0. The summed E-state index contributed by atoms with van der Waals surface area (Å²) >= 11 is 0. The van der Waals surface area contributed by atoms with E-state index < -0.39 is 5.92 Å². The Kier molecular flexibility index (Phi) is 4.80. The molecule has 0 aliphatic heterocycles. The van der Waals surface area contributed by atoms with E-state index in [2.05, 4.69) is 0 Å². The van der Waals surface area contributed by atoms with Gasteiger partial charge in [0.15, 0.2) is 11.6 Å². The number of carbonyl (C=O) groups is 2. The van der Waals surface area contributed by atoms with Crippen molar-refractivity contribution < 1.29 is 9.59 Å². The lowest BCUT2D eigenvalue weighted by Gasteiger charge is -2.30. The van der Waals surface area contributed by atoms with Crippen LogP contribution in [0, 0.1) is 5.92 Å². The zero-order chi connectivity index (χ0) is 18.6. The molecule has 0 saturated carbocycles. The molecule has 0 bridgehead atoms. The highest BCUT2D eigenvalue weighted by atomic mass is 16.1. The third-order valence-electron chi connectivity index (χ3n) is 5.18. The smallest absolute Gasteiger partial charge is 0.174 e. The van der Waals surface area contributed by atoms with Crippen molar-refractivity contribution in [3.63, 3.8) is 0 Å². The molecule has 2 nitrogen and oxygen atoms in total. The van der Waals surface area contributed by atoms with Gasteiger partial charge in [-0.05, 0) is 29.2 Å². The number of rotatable bonds is 4. The SMILES string of the molecule is O=C1C=C(c2ccccc2)CC(c2ccccc2)C1C(=O)c1ccccc1. The van der Waals surface area contributed by atoms with E-state index in [1.165, 1.54) is 0 Å². The zero-order valence-electron chi connectivity index (χ0n) is 14.9. The molecule has 0 saturated heterocycles. The van der Waals surface area contributed by atoms with Gasteiger partial charge in [-0.1, -0.05) is 91.0 Å². The number of ketones is 2. The van der Waals surface area contributed by atoms with Crippen molar-refractivity contribution >= 4 is 17.1 Å². The molecule has 4 rings (SSSR count). The van der Waals surface area contributed by atoms with Crippen molar-refractivity contribution in [2.45, 2.75) is 12.3 Å². The van der Waals surface area contributed by atoms with E-state index in [0.717, 1.165) is 16.7 Å². The standard InChI is InChI=1S/C25H20O2/c26-23-17-21(18-10-4-1-5-11-18)16-22(19-12-6-2-7-13-19)24(23)25(27)20-14-8-3-9-15-20/h1-15,17,22,24H,16H2. The Morgan fingerprint density at radius 2 is 1.30 bits per heavy atom. The summed E-state index contributed by atoms with van der Waals surface area (Å²) in [7, 11) is 0. The monoisotopic (exact) mass is 352 g/mol. The molecule has 0 aromatic heterocycles. The number of allylic oxidation sites excluding steroid dienone is 2. The van der Waals surface area contributed by atoms with Crippen LogP contribution in [0.15, 0.2) is 97.1 Å². The van der Waals surface area contributed by atoms with E-state index in [0.29, 0.717) is 12.0 Å². The molecule has 0 spiro atoms. The molecule has 132 valence electrons. The minimum absolute atomic E-state index is 0.0992. The van der Waals surface area contributed by atoms with E-state index in [-0.39, 0.29) is 17.5 Å². The van der Waals surface area contributed by atoms with Crippen LogP contribution in [0.4, 0.5) is 0 Å². The van der Waals surface area contributed by atoms with Crippen molar-refractivity contribution in [3.8, 4) is 0 Å². The van der Waals surface area contributed by atoms with Crippen molar-refractivity contribution in [1.29, 1.82) is 0 Å². The Hall–Kier alpha value is -3.26. The molecule has 0 N–H and O–H groups in total. The summed E-state index contributed by atoms with van der Waals surface area (Å²) in [5.41, 5.74) is 3.65. The lowest BCUT2D eigenvalue weighted by molar-refractivity contribution is -0.117. The van der Waals surface area contributed by atoms with Crippen LogP contribution >= 0.6 is 0 Å². The van der Waals surface area contributed by atoms with Gasteiger partial charge < -0.3 is 0 Å². The maximum absolute atomic E-state index is 13.2. The summed E-state index contributed by atoms with van der Waals surface area (Å²) in [4.78, 5) is 26.3. The van der Waals surface area contributed by atoms with Gasteiger partial charge in [0.05, 0.1) is 5.92 Å². The van der Waals surface area contributed by atoms with Crippen LogP contribution in [0.3, 0.4) is 0 Å². The van der Waals surface area contributed by atoms with E-state index in [4.69, 9.17) is 0 Å². The van der Waals surface area contributed by atoms with Crippen molar-refractivity contribution in [2.75, 3.05) is 0 Å². The minimum atomic E-state index is -0.678. The van der Waals surface area contributed by atoms with Crippen LogP contribution in [-0.2, 0) is 4.79 Å². The van der Waals surface area contributed by atoms with Gasteiger partial charge in [0.1, 0.15) is 0 Å². The van der Waals surface area contributed by atoms with Crippen molar-refractivity contribution in [3.05, 3.63) is 114 Å². The Labute approximate surface area is 159 Å². The van der Waals surface area contributed by atoms with E-state index in [1.807, 2.05) is 78.9 Å². The Balaban J connectivity index is 1.77. The molecule has 2 heteroatoms. The Morgan fingerprint density at radius 3 is 1.93 bits per heavy atom. The highest BCUT2D eigenvalue weighted by Crippen LogP contribution is 2.40. The number of hydrogen-bond acceptors (Lipinski definition) is 2. The van der Waals surface area contributed by atoms with Gasteiger partial charge in [0.25, 0.3) is 0 Å². The van der Waals surface area contributed by atoms with Crippen LogP contribution in [0.1, 0.15) is 33.8 Å². The zero-order valence-corrected chi connectivity index (χ0v) is 14.9. The molecule has 2 atom stereocenters. The summed E-state index contributed by atoms with van der Waals surface area (Å²) in [6.45, 7) is 0. The summed E-state index contributed by atoms with van der Waals surface area (Å²) in [5, 5.41) is 0. The molecule has 3 aromatic rings. The molecule has 2 unspecified atom stereocenters. The first-order valence-corrected chi connectivity index (χ1v) is 9.18. The topological polar surface area (TPSA) is 34.1 Å². The fourth-order valence-electron chi connectivity index (χ4n) is 3.83. The molecule has 1 aliphatic carbocycles. The van der Waals surface area contributed by atoms with E-state index in [1.54, 1.807) is 18.2 Å². The third-order valence-corrected chi connectivity index (χ3v) is 5.18. The highest BCUT2D eigenvalue weighted by Gasteiger charge is 2.38. The molecule has 0 fully saturated rings. The number of Topliss-reactive ketones (excluding diaryl/α,β-unsaturated/α-hetero) is 1. The van der Waals surface area contributed by atoms with Crippen LogP contribution in [-0.4, -0.2) is 11.6 Å². The maximum atomic E-state index is 13.2. The van der Waals surface area contributed by atoms with Gasteiger partial charge in [-0.2, -0.15) is 0 Å². The first-order valence-electron chi connectivity index (χ1n) is 9.18. The molecule has 27 heavy (non-hydrogen) atoms. The molecular formula is C25H20O2. The van der Waals surface area contributed by atoms with Crippen LogP contribution in [0.2, 0.25) is 0 Å². The Morgan fingerprint density at radius 1 is 0.741 bits per heavy atom. The summed E-state index contributed by atoms with van der Waals surface area (Å²) in [6.07, 6.45) is 2.34. The fraction of sp³-hybridized carbons (Fsp3) is 0.120. The van der Waals surface area contributed by atoms with Gasteiger partial charge in [-0.25, -0.2) is 0 Å². The van der Waals surface area contributed by atoms with Crippen LogP contribution < -0.4 is 0 Å². The summed E-state index contributed by atoms with van der Waals surface area (Å²) < 4.78 is 0. The second-order valence-corrected chi connectivity index (χ2v) is 6.87. The van der Waals surface area contributed by atoms with E-state index >= 15 is 0 Å². The quantitative estimate of drug-likeness (QED) is 0.470. The largest absolute Gasteiger partial charge is 0.294 e. The maximum Gasteiger partial charge on any atom is 0.174 e. The van der Waals surface area contributed by atoms with Gasteiger partial charge in [-0.3, -0.25) is 9.59 Å². The molecule has 0 amide bonds. The number of benzene rings is 3. The molecule has 3 aromatic carbocycles. The highest BCUT2D eigenvalue weighted by molar-refractivity contribution is 6.17. The van der Waals surface area contributed by atoms with Crippen molar-refractivity contribution in [2.24, 2.45) is 5.92 Å². The first-order chi connectivity index (χ1) is 13.2. The average molecular weight is 352 g/mol. The van der Waals surface area contributed by atoms with Gasteiger partial charge in [-0.15, -0.1) is 0 Å². The van der Waals surface area contributed by atoms with Crippen LogP contribution in [0.5, 0.6) is 0 Å². The van der Waals surface area contributed by atoms with Crippen molar-refractivity contribution in [1.82, 2.24) is 0 Å². The van der Waals surface area contributed by atoms with E-state index in [9.17, 15) is 9.59 Å². The third kappa shape index (κ3) is 3.52. The Bertz CT molecular complexity index is 973. The predicted octanol–water partition coefficient (Wildman–Crippen LogP) is 5.33. The minimum Gasteiger partial charge on any atom is -0.294 e. The van der Waals surface area contributed by atoms with Gasteiger partial charge >= 0.3 is 0 Å². The molecular weight excluding hydrogens is 332 g/mol. The summed E-state index contributed by atoms with van der Waals surface area (Å²) in [5.74, 6) is -1.05. The van der Waals surface area contributed by atoms with Gasteiger partial charge in [0, 0.05) is 11.5 Å². The predicted molar refractivity (Wildman–Crippen MR) is 107 cm³/mol. The van der Waals surface area contributed by atoms with Gasteiger partial charge in [0.2, 0.25) is 0 Å². The normalized spacial score (nSPS) is 19.4. The average Bonchev–Trinajstić information content (AvgIpc) is 2.74. The molecule has 0 heterocycles. The van der Waals surface area contributed by atoms with Crippen LogP contribution in [0.25, 0.3) is 5.57 Å². The fourth-order valence-corrected chi connectivity index (χ4v) is 3.83.